The lowest BCUT2D eigenvalue weighted by atomic mass is 9.94. The molecule has 2 amide bonds. The van der Waals surface area contributed by atoms with Crippen molar-refractivity contribution >= 4 is 43.5 Å². The van der Waals surface area contributed by atoms with Crippen LogP contribution in [-0.4, -0.2) is 50.0 Å². The predicted octanol–water partition coefficient (Wildman–Crippen LogP) is 5.61. The number of nitrogens with one attached hydrogen (secondary N) is 1. The lowest BCUT2D eigenvalue weighted by molar-refractivity contribution is -0.140. The van der Waals surface area contributed by atoms with Gasteiger partial charge in [-0.2, -0.15) is 0 Å². The summed E-state index contributed by atoms with van der Waals surface area (Å²) >= 11 is 3.38. The van der Waals surface area contributed by atoms with Crippen molar-refractivity contribution in [2.45, 2.75) is 64.1 Å². The van der Waals surface area contributed by atoms with E-state index in [0.717, 1.165) is 63.8 Å². The second-order valence-corrected chi connectivity index (χ2v) is 13.6. The molecule has 4 rings (SSSR count). The third-order valence-electron chi connectivity index (χ3n) is 7.49. The second-order valence-electron chi connectivity index (χ2n) is 10.8. The van der Waals surface area contributed by atoms with Crippen molar-refractivity contribution in [2.75, 3.05) is 17.1 Å². The monoisotopic (exact) mass is 639 g/mol. The summed E-state index contributed by atoms with van der Waals surface area (Å²) in [6.07, 6.45) is 6.53. The van der Waals surface area contributed by atoms with Crippen LogP contribution in [0.25, 0.3) is 0 Å². The molecule has 41 heavy (non-hydrogen) atoms. The normalized spacial score (nSPS) is 14.7. The van der Waals surface area contributed by atoms with E-state index in [2.05, 4.69) is 21.2 Å². The smallest absolute Gasteiger partial charge is 0.244 e. The number of carbonyl (C=O) groups is 2. The molecule has 0 heterocycles. The van der Waals surface area contributed by atoms with Crippen LogP contribution in [0.5, 0.6) is 0 Å². The lowest BCUT2D eigenvalue weighted by Gasteiger charge is -2.35. The van der Waals surface area contributed by atoms with Crippen molar-refractivity contribution in [2.24, 2.45) is 0 Å². The molecule has 7 nitrogen and oxygen atoms in total. The molecule has 1 N–H and O–H groups in total. The van der Waals surface area contributed by atoms with E-state index in [1.165, 1.54) is 0 Å². The minimum Gasteiger partial charge on any atom is -0.352 e. The number of hydrogen-bond acceptors (Lipinski definition) is 4. The highest BCUT2D eigenvalue weighted by Crippen LogP contribution is 2.23. The van der Waals surface area contributed by atoms with Crippen LogP contribution in [0.1, 0.15) is 48.8 Å². The van der Waals surface area contributed by atoms with Gasteiger partial charge in [0.05, 0.1) is 11.9 Å². The van der Waals surface area contributed by atoms with Crippen LogP contribution < -0.4 is 9.62 Å². The van der Waals surface area contributed by atoms with Crippen LogP contribution in [-0.2, 0) is 32.6 Å². The van der Waals surface area contributed by atoms with Crippen molar-refractivity contribution in [1.29, 1.82) is 0 Å². The van der Waals surface area contributed by atoms with E-state index in [1.807, 2.05) is 61.5 Å². The fourth-order valence-corrected chi connectivity index (χ4v) is 6.32. The van der Waals surface area contributed by atoms with Crippen LogP contribution in [0.4, 0.5) is 5.69 Å². The first-order valence-electron chi connectivity index (χ1n) is 14.0. The molecule has 0 unspecified atom stereocenters. The Labute approximate surface area is 252 Å². The van der Waals surface area contributed by atoms with E-state index in [9.17, 15) is 18.0 Å². The number of sulfonamides is 1. The van der Waals surface area contributed by atoms with Crippen molar-refractivity contribution in [3.8, 4) is 0 Å². The van der Waals surface area contributed by atoms with Crippen LogP contribution in [0.2, 0.25) is 0 Å². The van der Waals surface area contributed by atoms with Gasteiger partial charge in [-0.1, -0.05) is 95.4 Å². The number of benzene rings is 3. The maximum absolute atomic E-state index is 14.2. The Morgan fingerprint density at radius 3 is 2.15 bits per heavy atom. The van der Waals surface area contributed by atoms with E-state index >= 15 is 0 Å². The van der Waals surface area contributed by atoms with Crippen LogP contribution >= 0.6 is 15.9 Å². The molecule has 1 aliphatic rings. The average Bonchev–Trinajstić information content (AvgIpc) is 2.95. The summed E-state index contributed by atoms with van der Waals surface area (Å²) in [5, 5.41) is 3.22. The van der Waals surface area contributed by atoms with Gasteiger partial charge >= 0.3 is 0 Å². The van der Waals surface area contributed by atoms with Gasteiger partial charge in [0.2, 0.25) is 21.8 Å². The zero-order chi connectivity index (χ0) is 29.4. The maximum Gasteiger partial charge on any atom is 0.244 e. The Kier molecular flexibility index (Phi) is 10.6. The summed E-state index contributed by atoms with van der Waals surface area (Å²) in [6, 6.07) is 23.5. The summed E-state index contributed by atoms with van der Waals surface area (Å²) in [5.74, 6) is -0.658. The molecule has 1 atom stereocenters. The molecule has 0 aromatic heterocycles. The van der Waals surface area contributed by atoms with Crippen LogP contribution in [0.3, 0.4) is 0 Å². The number of aryl methyl sites for hydroxylation is 1. The minimum absolute atomic E-state index is 0.0705. The first kappa shape index (κ1) is 30.8. The first-order valence-corrected chi connectivity index (χ1v) is 16.7. The molecule has 3 aromatic carbocycles. The first-order chi connectivity index (χ1) is 19.6. The highest BCUT2D eigenvalue weighted by Gasteiger charge is 2.34. The summed E-state index contributed by atoms with van der Waals surface area (Å²) in [7, 11) is -3.80. The molecule has 218 valence electrons. The molecule has 0 radical (unpaired) electrons. The maximum atomic E-state index is 14.2. The van der Waals surface area contributed by atoms with Gasteiger partial charge in [0.15, 0.2) is 0 Å². The van der Waals surface area contributed by atoms with Crippen molar-refractivity contribution < 1.29 is 18.0 Å². The van der Waals surface area contributed by atoms with Gasteiger partial charge in [0, 0.05) is 23.5 Å². The number of hydrogen-bond donors (Lipinski definition) is 1. The van der Waals surface area contributed by atoms with E-state index in [4.69, 9.17) is 0 Å². The Morgan fingerprint density at radius 2 is 1.54 bits per heavy atom. The van der Waals surface area contributed by atoms with Gasteiger partial charge in [-0.15, -0.1) is 0 Å². The average molecular weight is 641 g/mol. The van der Waals surface area contributed by atoms with Gasteiger partial charge in [-0.25, -0.2) is 8.42 Å². The van der Waals surface area contributed by atoms with Crippen molar-refractivity contribution in [1.82, 2.24) is 10.2 Å². The Balaban J connectivity index is 1.71. The highest BCUT2D eigenvalue weighted by molar-refractivity contribution is 9.10. The van der Waals surface area contributed by atoms with Crippen molar-refractivity contribution in [3.05, 3.63) is 100 Å². The fraction of sp³-hybridized carbons (Fsp3) is 0.375. The quantitative estimate of drug-likeness (QED) is 0.295. The molecule has 0 aliphatic heterocycles. The SMILES string of the molecule is Cc1ccc(CN(C(=O)CN(c2ccc(Br)cc2)S(C)(=O)=O)[C@@H](Cc2ccccc2)C(=O)NC2CCCCC2)cc1. The molecule has 0 saturated heterocycles. The Morgan fingerprint density at radius 1 is 0.902 bits per heavy atom. The fourth-order valence-electron chi connectivity index (χ4n) is 5.21. The zero-order valence-corrected chi connectivity index (χ0v) is 26.0. The third kappa shape index (κ3) is 8.91. The van der Waals surface area contributed by atoms with Crippen molar-refractivity contribution in [3.63, 3.8) is 0 Å². The number of halogens is 1. The second kappa shape index (κ2) is 14.1. The third-order valence-corrected chi connectivity index (χ3v) is 9.16. The number of rotatable bonds is 11. The number of amides is 2. The van der Waals surface area contributed by atoms with E-state index in [0.29, 0.717) is 12.1 Å². The molecular weight excluding hydrogens is 602 g/mol. The standard InChI is InChI=1S/C32H38BrN3O4S/c1-24-13-15-26(16-14-24)22-35(31(37)23-36(41(2,39)40)29-19-17-27(33)18-20-29)30(21-25-9-5-3-6-10-25)32(38)34-28-11-7-4-8-12-28/h3,5-6,9-10,13-20,28,30H,4,7-8,11-12,21-23H2,1-2H3,(H,34,38)/t30-/m0/s1. The molecule has 9 heteroatoms. The summed E-state index contributed by atoms with van der Waals surface area (Å²) in [6.45, 7) is 1.74. The van der Waals surface area contributed by atoms with Gasteiger partial charge in [-0.05, 0) is 55.2 Å². The summed E-state index contributed by atoms with van der Waals surface area (Å²) < 4.78 is 27.7. The summed E-state index contributed by atoms with van der Waals surface area (Å²) in [4.78, 5) is 29.7. The predicted molar refractivity (Wildman–Crippen MR) is 167 cm³/mol. The molecule has 3 aromatic rings. The van der Waals surface area contributed by atoms with E-state index < -0.39 is 28.5 Å². The summed E-state index contributed by atoms with van der Waals surface area (Å²) in [5.41, 5.74) is 3.25. The zero-order valence-electron chi connectivity index (χ0n) is 23.6. The van der Waals surface area contributed by atoms with E-state index in [-0.39, 0.29) is 18.5 Å². The molecule has 0 bridgehead atoms. The lowest BCUT2D eigenvalue weighted by Crippen LogP contribution is -2.55. The molecule has 0 spiro atoms. The number of carbonyl (C=O) groups excluding carboxylic acids is 2. The Hall–Kier alpha value is -3.17. The minimum atomic E-state index is -3.80. The van der Waals surface area contributed by atoms with Gasteiger partial charge in [-0.3, -0.25) is 13.9 Å². The van der Waals surface area contributed by atoms with E-state index in [1.54, 1.807) is 29.2 Å². The van der Waals surface area contributed by atoms with Crippen LogP contribution in [0.15, 0.2) is 83.3 Å². The molecular formula is C32H38BrN3O4S. The van der Waals surface area contributed by atoms with Gasteiger partial charge in [0.1, 0.15) is 12.6 Å². The Bertz CT molecular complexity index is 1410. The number of nitrogens with zero attached hydrogens (tertiary/aromatic N) is 2. The van der Waals surface area contributed by atoms with Gasteiger partial charge < -0.3 is 10.2 Å². The molecule has 1 fully saturated rings. The topological polar surface area (TPSA) is 86.8 Å². The molecule has 1 saturated carbocycles. The molecule has 1 aliphatic carbocycles. The largest absolute Gasteiger partial charge is 0.352 e. The number of anilines is 1. The van der Waals surface area contributed by atoms with Crippen LogP contribution in [0, 0.1) is 6.92 Å². The van der Waals surface area contributed by atoms with Gasteiger partial charge in [0.25, 0.3) is 0 Å². The highest BCUT2D eigenvalue weighted by atomic mass is 79.9.